The molecule has 4 nitrogen and oxygen atoms in total. The number of carbonyl (C=O) groups is 1. The Morgan fingerprint density at radius 2 is 2.25 bits per heavy atom. The smallest absolute Gasteiger partial charge is 0.261 e. The van der Waals surface area contributed by atoms with Gasteiger partial charge in [-0.2, -0.15) is 0 Å². The molecule has 0 spiro atoms. The van der Waals surface area contributed by atoms with Gasteiger partial charge in [-0.3, -0.25) is 4.79 Å². The molecule has 0 aliphatic carbocycles. The monoisotopic (exact) mass is 280 g/mol. The number of ether oxygens (including phenoxy) is 1. The van der Waals surface area contributed by atoms with Gasteiger partial charge in [0.1, 0.15) is 11.6 Å². The molecule has 0 heterocycles. The highest BCUT2D eigenvalue weighted by atomic mass is 19.1. The number of nitrogens with one attached hydrogen (secondary N) is 2. The van der Waals surface area contributed by atoms with Crippen LogP contribution in [0, 0.1) is 5.82 Å². The Balaban J connectivity index is 2.68. The molecule has 5 heteroatoms. The van der Waals surface area contributed by atoms with Gasteiger partial charge in [0.05, 0.1) is 0 Å². The number of hydrogen-bond donors (Lipinski definition) is 2. The molecule has 0 saturated carbocycles. The molecule has 1 rings (SSSR count). The summed E-state index contributed by atoms with van der Waals surface area (Å²) in [7, 11) is 0. The summed E-state index contributed by atoms with van der Waals surface area (Å²) in [6.07, 6.45) is 0.894. The Kier molecular flexibility index (Phi) is 6.73. The zero-order chi connectivity index (χ0) is 15.0. The van der Waals surface area contributed by atoms with Crippen LogP contribution in [0.5, 0.6) is 5.75 Å². The fourth-order valence-electron chi connectivity index (χ4n) is 1.63. The summed E-state index contributed by atoms with van der Waals surface area (Å²) in [6.45, 7) is 8.84. The molecule has 1 unspecified atom stereocenters. The second-order valence-electron chi connectivity index (χ2n) is 4.37. The van der Waals surface area contributed by atoms with E-state index in [4.69, 9.17) is 4.74 Å². The van der Waals surface area contributed by atoms with Crippen LogP contribution in [0.2, 0.25) is 0 Å². The van der Waals surface area contributed by atoms with Crippen molar-refractivity contribution >= 4 is 5.91 Å². The molecule has 0 fully saturated rings. The lowest BCUT2D eigenvalue weighted by molar-refractivity contribution is -0.127. The van der Waals surface area contributed by atoms with E-state index in [1.165, 1.54) is 12.1 Å². The lowest BCUT2D eigenvalue weighted by atomic mass is 10.2. The van der Waals surface area contributed by atoms with Crippen molar-refractivity contribution in [3.05, 3.63) is 42.2 Å². The van der Waals surface area contributed by atoms with Gasteiger partial charge in [0.25, 0.3) is 5.91 Å². The molecule has 1 aromatic carbocycles. The molecule has 0 saturated heterocycles. The van der Waals surface area contributed by atoms with Gasteiger partial charge in [-0.05, 0) is 31.2 Å². The van der Waals surface area contributed by atoms with Gasteiger partial charge < -0.3 is 15.4 Å². The van der Waals surface area contributed by atoms with Crippen molar-refractivity contribution in [2.45, 2.75) is 26.5 Å². The highest BCUT2D eigenvalue weighted by molar-refractivity contribution is 5.80. The maximum absolute atomic E-state index is 13.5. The third-order valence-corrected chi connectivity index (χ3v) is 2.61. The first kappa shape index (κ1) is 16.2. The topological polar surface area (TPSA) is 50.4 Å². The van der Waals surface area contributed by atoms with Crippen LogP contribution >= 0.6 is 0 Å². The zero-order valence-corrected chi connectivity index (χ0v) is 11.9. The fraction of sp³-hybridized carbons (Fsp3) is 0.400. The number of benzene rings is 1. The van der Waals surface area contributed by atoms with E-state index in [1.54, 1.807) is 19.1 Å². The van der Waals surface area contributed by atoms with Gasteiger partial charge >= 0.3 is 0 Å². The SMILES string of the molecule is C=CCNC(=O)C(C)Oc1cc(F)cc(CNCC)c1. The highest BCUT2D eigenvalue weighted by Gasteiger charge is 2.14. The van der Waals surface area contributed by atoms with Crippen molar-refractivity contribution < 1.29 is 13.9 Å². The van der Waals surface area contributed by atoms with E-state index < -0.39 is 6.10 Å². The summed E-state index contributed by atoms with van der Waals surface area (Å²) in [5.74, 6) is -0.296. The van der Waals surface area contributed by atoms with Crippen LogP contribution in [0.4, 0.5) is 4.39 Å². The van der Waals surface area contributed by atoms with Crippen LogP contribution in [0.3, 0.4) is 0 Å². The third-order valence-electron chi connectivity index (χ3n) is 2.61. The first-order valence-corrected chi connectivity index (χ1v) is 6.62. The Bertz CT molecular complexity index is 463. The van der Waals surface area contributed by atoms with E-state index in [0.717, 1.165) is 12.1 Å². The van der Waals surface area contributed by atoms with E-state index in [2.05, 4.69) is 17.2 Å². The minimum atomic E-state index is -0.691. The predicted molar refractivity (Wildman–Crippen MR) is 77.1 cm³/mol. The summed E-state index contributed by atoms with van der Waals surface area (Å²) in [5, 5.41) is 5.74. The van der Waals surface area contributed by atoms with E-state index in [9.17, 15) is 9.18 Å². The number of hydrogen-bond acceptors (Lipinski definition) is 3. The highest BCUT2D eigenvalue weighted by Crippen LogP contribution is 2.18. The molecule has 0 aliphatic rings. The van der Waals surface area contributed by atoms with Crippen LogP contribution in [0.25, 0.3) is 0 Å². The third kappa shape index (κ3) is 5.40. The maximum Gasteiger partial charge on any atom is 0.261 e. The first-order chi connectivity index (χ1) is 9.56. The molecule has 1 amide bonds. The molecule has 0 aliphatic heterocycles. The van der Waals surface area contributed by atoms with Crippen molar-refractivity contribution in [3.63, 3.8) is 0 Å². The summed E-state index contributed by atoms with van der Waals surface area (Å²) >= 11 is 0. The number of carbonyl (C=O) groups excluding carboxylic acids is 1. The molecule has 1 atom stereocenters. The van der Waals surface area contributed by atoms with Crippen LogP contribution < -0.4 is 15.4 Å². The largest absolute Gasteiger partial charge is 0.481 e. The molecular formula is C15H21FN2O2. The summed E-state index contributed by atoms with van der Waals surface area (Å²) in [6, 6.07) is 4.44. The van der Waals surface area contributed by atoms with E-state index in [-0.39, 0.29) is 11.7 Å². The van der Waals surface area contributed by atoms with Crippen LogP contribution in [0.1, 0.15) is 19.4 Å². The molecule has 110 valence electrons. The molecule has 1 aromatic rings. The second kappa shape index (κ2) is 8.32. The van der Waals surface area contributed by atoms with Gasteiger partial charge in [-0.15, -0.1) is 6.58 Å². The molecular weight excluding hydrogens is 259 g/mol. The number of rotatable bonds is 8. The van der Waals surface area contributed by atoms with Gasteiger partial charge in [-0.25, -0.2) is 4.39 Å². The number of amides is 1. The zero-order valence-electron chi connectivity index (χ0n) is 11.9. The van der Waals surface area contributed by atoms with Crippen molar-refractivity contribution in [3.8, 4) is 5.75 Å². The second-order valence-corrected chi connectivity index (χ2v) is 4.37. The summed E-state index contributed by atoms with van der Waals surface area (Å²) < 4.78 is 18.9. The molecule has 20 heavy (non-hydrogen) atoms. The quantitative estimate of drug-likeness (QED) is 0.716. The average Bonchev–Trinajstić information content (AvgIpc) is 2.41. The minimum Gasteiger partial charge on any atom is -0.481 e. The lowest BCUT2D eigenvalue weighted by Gasteiger charge is -2.15. The normalized spacial score (nSPS) is 11.8. The van der Waals surface area contributed by atoms with Crippen LogP contribution in [-0.4, -0.2) is 25.1 Å². The van der Waals surface area contributed by atoms with Crippen LogP contribution in [0.15, 0.2) is 30.9 Å². The fourth-order valence-corrected chi connectivity index (χ4v) is 1.63. The van der Waals surface area contributed by atoms with Crippen LogP contribution in [-0.2, 0) is 11.3 Å². The van der Waals surface area contributed by atoms with Crippen molar-refractivity contribution in [2.24, 2.45) is 0 Å². The Morgan fingerprint density at radius 3 is 2.90 bits per heavy atom. The Morgan fingerprint density at radius 1 is 1.50 bits per heavy atom. The van der Waals surface area contributed by atoms with Crippen molar-refractivity contribution in [1.29, 1.82) is 0 Å². The molecule has 0 radical (unpaired) electrons. The number of halogens is 1. The molecule has 2 N–H and O–H groups in total. The Labute approximate surface area is 119 Å². The standard InChI is InChI=1S/C15H21FN2O2/c1-4-6-18-15(19)11(3)20-14-8-12(10-17-5-2)7-13(16)9-14/h4,7-9,11,17H,1,5-6,10H2,2-3H3,(H,18,19). The van der Waals surface area contributed by atoms with E-state index >= 15 is 0 Å². The van der Waals surface area contributed by atoms with Gasteiger partial charge in [0.15, 0.2) is 6.10 Å². The average molecular weight is 280 g/mol. The molecule has 0 aromatic heterocycles. The van der Waals surface area contributed by atoms with Crippen molar-refractivity contribution in [1.82, 2.24) is 10.6 Å². The van der Waals surface area contributed by atoms with Gasteiger partial charge in [0, 0.05) is 19.2 Å². The van der Waals surface area contributed by atoms with E-state index in [1.807, 2.05) is 6.92 Å². The first-order valence-electron chi connectivity index (χ1n) is 6.62. The maximum atomic E-state index is 13.5. The van der Waals surface area contributed by atoms with Gasteiger partial charge in [-0.1, -0.05) is 13.0 Å². The minimum absolute atomic E-state index is 0.262. The lowest BCUT2D eigenvalue weighted by Crippen LogP contribution is -2.36. The van der Waals surface area contributed by atoms with Gasteiger partial charge in [0.2, 0.25) is 0 Å². The van der Waals surface area contributed by atoms with E-state index in [0.29, 0.717) is 18.8 Å². The predicted octanol–water partition coefficient (Wildman–Crippen LogP) is 2.00. The Hall–Kier alpha value is -1.88. The summed E-state index contributed by atoms with van der Waals surface area (Å²) in [4.78, 5) is 11.7. The summed E-state index contributed by atoms with van der Waals surface area (Å²) in [5.41, 5.74) is 0.778. The van der Waals surface area contributed by atoms with Crippen molar-refractivity contribution in [2.75, 3.05) is 13.1 Å². The molecule has 0 bridgehead atoms.